The summed E-state index contributed by atoms with van der Waals surface area (Å²) in [5.41, 5.74) is -0.256. The van der Waals surface area contributed by atoms with Crippen LogP contribution in [0.3, 0.4) is 0 Å². The van der Waals surface area contributed by atoms with Crippen LogP contribution in [0.4, 0.5) is 14.5 Å². The molecule has 0 bridgehead atoms. The number of benzene rings is 2. The van der Waals surface area contributed by atoms with E-state index in [0.29, 0.717) is 9.37 Å². The zero-order valence-electron chi connectivity index (χ0n) is 9.75. The van der Waals surface area contributed by atoms with Gasteiger partial charge in [-0.2, -0.15) is 0 Å². The van der Waals surface area contributed by atoms with Crippen LogP contribution < -0.4 is 5.32 Å². The highest BCUT2D eigenvalue weighted by atomic mass is 79.9. The summed E-state index contributed by atoms with van der Waals surface area (Å²) < 4.78 is 28.1. The third-order valence-corrected chi connectivity index (χ3v) is 3.87. The van der Waals surface area contributed by atoms with Crippen molar-refractivity contribution in [3.05, 3.63) is 56.5 Å². The van der Waals surface area contributed by atoms with Gasteiger partial charge in [0.25, 0.3) is 5.91 Å². The quantitative estimate of drug-likeness (QED) is 0.653. The first-order valence-electron chi connectivity index (χ1n) is 5.33. The Hall–Kier alpha value is -0.920. The molecule has 0 saturated carbocycles. The number of hydrogen-bond acceptors (Lipinski definition) is 2. The van der Waals surface area contributed by atoms with E-state index in [1.165, 1.54) is 6.07 Å². The molecule has 2 rings (SSSR count). The third-order valence-electron chi connectivity index (χ3n) is 2.44. The second kappa shape index (κ2) is 6.24. The number of anilines is 1. The van der Waals surface area contributed by atoms with E-state index in [9.17, 15) is 13.6 Å². The maximum absolute atomic E-state index is 13.7. The molecule has 0 aliphatic rings. The van der Waals surface area contributed by atoms with Gasteiger partial charge in [0.2, 0.25) is 0 Å². The van der Waals surface area contributed by atoms with Crippen molar-refractivity contribution in [3.63, 3.8) is 0 Å². The Kier molecular flexibility index (Phi) is 4.82. The SMILES string of the molecule is O=C(Nc1c(F)cc(Br)cc1F)c1cc(S)ccc1Br. The van der Waals surface area contributed by atoms with E-state index in [2.05, 4.69) is 49.8 Å². The monoisotopic (exact) mass is 421 g/mol. The van der Waals surface area contributed by atoms with Gasteiger partial charge in [0.1, 0.15) is 5.69 Å². The van der Waals surface area contributed by atoms with Gasteiger partial charge in [-0.25, -0.2) is 8.78 Å². The minimum Gasteiger partial charge on any atom is -0.317 e. The molecule has 20 heavy (non-hydrogen) atoms. The van der Waals surface area contributed by atoms with Crippen molar-refractivity contribution < 1.29 is 13.6 Å². The smallest absolute Gasteiger partial charge is 0.257 e. The summed E-state index contributed by atoms with van der Waals surface area (Å²) in [5.74, 6) is -2.35. The first-order valence-corrected chi connectivity index (χ1v) is 7.36. The van der Waals surface area contributed by atoms with Crippen LogP contribution >= 0.6 is 44.5 Å². The van der Waals surface area contributed by atoms with Gasteiger partial charge in [-0.1, -0.05) is 15.9 Å². The van der Waals surface area contributed by atoms with Gasteiger partial charge in [0.15, 0.2) is 11.6 Å². The zero-order chi connectivity index (χ0) is 14.9. The molecule has 0 aliphatic carbocycles. The number of amides is 1. The lowest BCUT2D eigenvalue weighted by molar-refractivity contribution is 0.102. The highest BCUT2D eigenvalue weighted by molar-refractivity contribution is 9.10. The standard InChI is InChI=1S/C13H7Br2F2NOS/c14-6-3-10(16)12(11(17)4-6)18-13(19)8-5-7(20)1-2-9(8)15/h1-5,20H,(H,18,19). The Bertz CT molecular complexity index is 671. The first kappa shape index (κ1) is 15.5. The molecule has 0 saturated heterocycles. The predicted molar refractivity (Wildman–Crippen MR) is 83.4 cm³/mol. The first-order chi connectivity index (χ1) is 9.38. The summed E-state index contributed by atoms with van der Waals surface area (Å²) in [6, 6.07) is 6.96. The van der Waals surface area contributed by atoms with Crippen LogP contribution in [0.2, 0.25) is 0 Å². The molecule has 0 aliphatic heterocycles. The molecular formula is C13H7Br2F2NOS. The van der Waals surface area contributed by atoms with Crippen LogP contribution in [0.15, 0.2) is 44.2 Å². The molecule has 2 aromatic carbocycles. The van der Waals surface area contributed by atoms with E-state index in [4.69, 9.17) is 0 Å². The molecule has 2 aromatic rings. The summed E-state index contributed by atoms with van der Waals surface area (Å²) >= 11 is 10.3. The predicted octanol–water partition coefficient (Wildman–Crippen LogP) is 5.03. The van der Waals surface area contributed by atoms with E-state index in [-0.39, 0.29) is 10.0 Å². The molecule has 0 aromatic heterocycles. The summed E-state index contributed by atoms with van der Waals surface area (Å²) in [7, 11) is 0. The number of thiol groups is 1. The fraction of sp³-hybridized carbons (Fsp3) is 0. The number of rotatable bonds is 2. The molecule has 0 spiro atoms. The molecule has 0 unspecified atom stereocenters. The topological polar surface area (TPSA) is 29.1 Å². The second-order valence-corrected chi connectivity index (χ2v) is 6.15. The number of carbonyl (C=O) groups is 1. The maximum atomic E-state index is 13.7. The highest BCUT2D eigenvalue weighted by Crippen LogP contribution is 2.26. The number of nitrogens with one attached hydrogen (secondary N) is 1. The van der Waals surface area contributed by atoms with Crippen molar-refractivity contribution >= 4 is 56.1 Å². The van der Waals surface area contributed by atoms with Crippen LogP contribution in [0.1, 0.15) is 10.4 Å². The van der Waals surface area contributed by atoms with E-state index in [1.54, 1.807) is 12.1 Å². The number of carbonyl (C=O) groups excluding carboxylic acids is 1. The molecule has 1 amide bonds. The second-order valence-electron chi connectivity index (χ2n) is 3.86. The largest absolute Gasteiger partial charge is 0.317 e. The number of halogens is 4. The molecule has 104 valence electrons. The van der Waals surface area contributed by atoms with Gasteiger partial charge >= 0.3 is 0 Å². The Morgan fingerprint density at radius 2 is 1.70 bits per heavy atom. The van der Waals surface area contributed by atoms with Crippen molar-refractivity contribution in [1.82, 2.24) is 0 Å². The van der Waals surface area contributed by atoms with Gasteiger partial charge in [0.05, 0.1) is 5.56 Å². The van der Waals surface area contributed by atoms with Crippen LogP contribution in [0.25, 0.3) is 0 Å². The van der Waals surface area contributed by atoms with Crippen molar-refractivity contribution in [1.29, 1.82) is 0 Å². The molecule has 0 radical (unpaired) electrons. The Morgan fingerprint density at radius 3 is 2.30 bits per heavy atom. The average Bonchev–Trinajstić information content (AvgIpc) is 2.36. The normalized spacial score (nSPS) is 10.4. The summed E-state index contributed by atoms with van der Waals surface area (Å²) in [4.78, 5) is 12.6. The molecule has 0 fully saturated rings. The van der Waals surface area contributed by atoms with Gasteiger partial charge < -0.3 is 5.32 Å². The van der Waals surface area contributed by atoms with E-state index in [1.807, 2.05) is 0 Å². The third kappa shape index (κ3) is 3.39. The lowest BCUT2D eigenvalue weighted by Gasteiger charge is -2.09. The van der Waals surface area contributed by atoms with Crippen molar-refractivity contribution in [3.8, 4) is 0 Å². The number of hydrogen-bond donors (Lipinski definition) is 2. The van der Waals surface area contributed by atoms with Crippen molar-refractivity contribution in [2.45, 2.75) is 4.90 Å². The highest BCUT2D eigenvalue weighted by Gasteiger charge is 2.16. The van der Waals surface area contributed by atoms with Gasteiger partial charge in [-0.05, 0) is 46.3 Å². The van der Waals surface area contributed by atoms with Gasteiger partial charge in [-0.15, -0.1) is 12.6 Å². The molecule has 7 heteroatoms. The summed E-state index contributed by atoms with van der Waals surface area (Å²) in [6.07, 6.45) is 0. The van der Waals surface area contributed by atoms with Crippen molar-refractivity contribution in [2.24, 2.45) is 0 Å². The maximum Gasteiger partial charge on any atom is 0.257 e. The van der Waals surface area contributed by atoms with E-state index >= 15 is 0 Å². The zero-order valence-corrected chi connectivity index (χ0v) is 13.8. The minimum atomic E-state index is -0.858. The fourth-order valence-electron chi connectivity index (χ4n) is 1.53. The molecular weight excluding hydrogens is 416 g/mol. The Balaban J connectivity index is 2.35. The van der Waals surface area contributed by atoms with E-state index < -0.39 is 23.2 Å². The molecule has 2 nitrogen and oxygen atoms in total. The van der Waals surface area contributed by atoms with Crippen molar-refractivity contribution in [2.75, 3.05) is 5.32 Å². The lowest BCUT2D eigenvalue weighted by Crippen LogP contribution is -2.15. The average molecular weight is 423 g/mol. The van der Waals surface area contributed by atoms with Gasteiger partial charge in [-0.3, -0.25) is 4.79 Å². The van der Waals surface area contributed by atoms with E-state index in [0.717, 1.165) is 12.1 Å². The van der Waals surface area contributed by atoms with Gasteiger partial charge in [0, 0.05) is 13.8 Å². The summed E-state index contributed by atoms with van der Waals surface area (Å²) in [5, 5.41) is 2.22. The lowest BCUT2D eigenvalue weighted by atomic mass is 10.2. The van der Waals surface area contributed by atoms with Crippen LogP contribution in [-0.4, -0.2) is 5.91 Å². The Morgan fingerprint density at radius 1 is 1.10 bits per heavy atom. The van der Waals surface area contributed by atoms with Crippen LogP contribution in [0.5, 0.6) is 0 Å². The molecule has 1 N–H and O–H groups in total. The fourth-order valence-corrected chi connectivity index (χ4v) is 2.56. The summed E-state index contributed by atoms with van der Waals surface area (Å²) in [6.45, 7) is 0. The Labute approximate surface area is 136 Å². The molecule has 0 heterocycles. The van der Waals surface area contributed by atoms with Crippen LogP contribution in [-0.2, 0) is 0 Å². The molecule has 0 atom stereocenters. The minimum absolute atomic E-state index is 0.235. The van der Waals surface area contributed by atoms with Crippen LogP contribution in [0, 0.1) is 11.6 Å².